The smallest absolute Gasteiger partial charge is 0.255 e. The second kappa shape index (κ2) is 13.4. The molecule has 48 heavy (non-hydrogen) atoms. The van der Waals surface area contributed by atoms with Crippen LogP contribution in [0.3, 0.4) is 0 Å². The van der Waals surface area contributed by atoms with Crippen LogP contribution in [0.2, 0.25) is 0 Å². The van der Waals surface area contributed by atoms with Gasteiger partial charge in [-0.2, -0.15) is 4.31 Å². The van der Waals surface area contributed by atoms with Crippen molar-refractivity contribution in [3.05, 3.63) is 59.2 Å². The van der Waals surface area contributed by atoms with Gasteiger partial charge in [-0.05, 0) is 88.6 Å². The van der Waals surface area contributed by atoms with E-state index in [0.717, 1.165) is 19.3 Å². The molecule has 1 unspecified atom stereocenters. The molecule has 0 spiro atoms. The van der Waals surface area contributed by atoms with Crippen LogP contribution in [0, 0.1) is 11.8 Å². The van der Waals surface area contributed by atoms with Crippen LogP contribution in [0.5, 0.6) is 0 Å². The molecular formula is C35H43N5O7S. The summed E-state index contributed by atoms with van der Waals surface area (Å²) in [6.07, 6.45) is 5.19. The van der Waals surface area contributed by atoms with Crippen molar-refractivity contribution in [1.29, 1.82) is 0 Å². The highest BCUT2D eigenvalue weighted by atomic mass is 32.2. The molecule has 4 aliphatic rings. The molecule has 256 valence electrons. The summed E-state index contributed by atoms with van der Waals surface area (Å²) in [5.74, 6) is -2.20. The molecule has 1 atom stereocenters. The van der Waals surface area contributed by atoms with Crippen LogP contribution < -0.4 is 16.0 Å². The Labute approximate surface area is 281 Å². The lowest BCUT2D eigenvalue weighted by atomic mass is 9.81. The first kappa shape index (κ1) is 33.8. The number of nitrogens with one attached hydrogen (secondary N) is 3. The summed E-state index contributed by atoms with van der Waals surface area (Å²) in [7, 11) is -3.53. The predicted octanol–water partition coefficient (Wildman–Crippen LogP) is 3.93. The molecule has 3 aliphatic heterocycles. The molecule has 1 saturated carbocycles. The highest BCUT2D eigenvalue weighted by molar-refractivity contribution is 7.88. The number of hydrogen-bond acceptors (Lipinski definition) is 7. The number of fused-ring (bicyclic) bond motifs is 1. The fourth-order valence-corrected chi connectivity index (χ4v) is 9.59. The van der Waals surface area contributed by atoms with E-state index in [1.54, 1.807) is 46.8 Å². The molecule has 3 fully saturated rings. The maximum atomic E-state index is 13.3. The molecule has 13 heteroatoms. The van der Waals surface area contributed by atoms with E-state index in [1.165, 1.54) is 4.90 Å². The number of carbonyl (C=O) groups excluding carboxylic acids is 5. The maximum Gasteiger partial charge on any atom is 0.255 e. The number of sulfonamides is 1. The Bertz CT molecular complexity index is 1750. The van der Waals surface area contributed by atoms with Crippen LogP contribution in [0.25, 0.3) is 0 Å². The van der Waals surface area contributed by atoms with Crippen LogP contribution in [0.1, 0.15) is 93.1 Å². The van der Waals surface area contributed by atoms with Crippen molar-refractivity contribution in [1.82, 2.24) is 14.5 Å². The molecule has 0 aromatic heterocycles. The van der Waals surface area contributed by atoms with Gasteiger partial charge in [-0.25, -0.2) is 8.42 Å². The lowest BCUT2D eigenvalue weighted by molar-refractivity contribution is -0.137. The number of imide groups is 1. The van der Waals surface area contributed by atoms with Gasteiger partial charge in [0.2, 0.25) is 33.7 Å². The van der Waals surface area contributed by atoms with Gasteiger partial charge in [0.05, 0.1) is 5.75 Å². The molecule has 5 amide bonds. The summed E-state index contributed by atoms with van der Waals surface area (Å²) in [6.45, 7) is 4.61. The van der Waals surface area contributed by atoms with E-state index in [2.05, 4.69) is 16.0 Å². The van der Waals surface area contributed by atoms with Crippen molar-refractivity contribution in [3.8, 4) is 0 Å². The lowest BCUT2D eigenvalue weighted by Crippen LogP contribution is -2.52. The topological polar surface area (TPSA) is 162 Å². The predicted molar refractivity (Wildman–Crippen MR) is 179 cm³/mol. The van der Waals surface area contributed by atoms with Crippen LogP contribution in [0.15, 0.2) is 42.5 Å². The zero-order valence-electron chi connectivity index (χ0n) is 27.4. The number of benzene rings is 2. The molecular weight excluding hydrogens is 634 g/mol. The standard InChI is InChI=1S/C35H43N5O7S/c1-35(2)17-3-4-18-40(35)48(46,47)21-22-7-5-8-25(19-22)36-31(42)23-11-13-24(14-12-23)32(43)37-28-10-6-9-26-27(28)20-39(34(26)45)29-15-16-30(41)38-33(29)44/h5-10,19,23-24,29H,3-4,11-18,20-21H2,1-2H3,(H,36,42)(H,37,43)(H,38,41,44). The molecule has 12 nitrogen and oxygen atoms in total. The SMILES string of the molecule is CC1(C)CCCCN1S(=O)(=O)Cc1cccc(NC(=O)C2CCC(C(=O)Nc3cccc4c3CN(C3CCC(=O)NC3=O)C4=O)CC2)c1. The highest BCUT2D eigenvalue weighted by Crippen LogP contribution is 2.35. The number of carbonyl (C=O) groups is 5. The Hall–Kier alpha value is -4.10. The molecule has 2 aromatic rings. The van der Waals surface area contributed by atoms with E-state index in [9.17, 15) is 32.4 Å². The maximum absolute atomic E-state index is 13.3. The van der Waals surface area contributed by atoms with Crippen molar-refractivity contribution in [3.63, 3.8) is 0 Å². The minimum Gasteiger partial charge on any atom is -0.326 e. The number of nitrogens with zero attached hydrogens (tertiary/aromatic N) is 2. The van der Waals surface area contributed by atoms with Gasteiger partial charge in [0.1, 0.15) is 6.04 Å². The third-order valence-electron chi connectivity index (χ3n) is 10.3. The van der Waals surface area contributed by atoms with Crippen molar-refractivity contribution in [2.24, 2.45) is 11.8 Å². The molecule has 1 aliphatic carbocycles. The van der Waals surface area contributed by atoms with Crippen molar-refractivity contribution in [2.75, 3.05) is 17.2 Å². The Morgan fingerprint density at radius 2 is 1.60 bits per heavy atom. The highest BCUT2D eigenvalue weighted by Gasteiger charge is 2.41. The third-order valence-corrected chi connectivity index (χ3v) is 12.3. The number of anilines is 2. The van der Waals surface area contributed by atoms with E-state index in [4.69, 9.17) is 0 Å². The van der Waals surface area contributed by atoms with E-state index >= 15 is 0 Å². The Kier molecular flexibility index (Phi) is 9.45. The molecule has 2 saturated heterocycles. The first-order chi connectivity index (χ1) is 22.8. The quantitative estimate of drug-likeness (QED) is 0.357. The van der Waals surface area contributed by atoms with Gasteiger partial charge in [-0.3, -0.25) is 29.3 Å². The molecule has 3 heterocycles. The number of amides is 5. The Balaban J connectivity index is 1.02. The van der Waals surface area contributed by atoms with E-state index in [-0.39, 0.29) is 60.6 Å². The Morgan fingerprint density at radius 3 is 2.29 bits per heavy atom. The van der Waals surface area contributed by atoms with Crippen molar-refractivity contribution >= 4 is 50.9 Å². The summed E-state index contributed by atoms with van der Waals surface area (Å²) < 4.78 is 28.2. The second-order valence-electron chi connectivity index (χ2n) is 14.1. The van der Waals surface area contributed by atoms with Crippen molar-refractivity contribution in [2.45, 2.75) is 95.5 Å². The zero-order chi connectivity index (χ0) is 34.2. The first-order valence-corrected chi connectivity index (χ1v) is 18.4. The minimum atomic E-state index is -3.53. The molecule has 0 radical (unpaired) electrons. The van der Waals surface area contributed by atoms with Crippen LogP contribution in [0.4, 0.5) is 11.4 Å². The van der Waals surface area contributed by atoms with Crippen LogP contribution in [-0.4, -0.2) is 65.3 Å². The fourth-order valence-electron chi connectivity index (χ4n) is 7.58. The Morgan fingerprint density at radius 1 is 0.917 bits per heavy atom. The molecule has 3 N–H and O–H groups in total. The van der Waals surface area contributed by atoms with Gasteiger partial charge in [-0.15, -0.1) is 0 Å². The average Bonchev–Trinajstić information content (AvgIpc) is 3.37. The summed E-state index contributed by atoms with van der Waals surface area (Å²) in [5.41, 5.74) is 2.33. The van der Waals surface area contributed by atoms with E-state index in [1.807, 2.05) is 13.8 Å². The number of rotatable bonds is 8. The number of piperidine rings is 2. The normalized spacial score (nSPS) is 24.5. The number of hydrogen-bond donors (Lipinski definition) is 3. The average molecular weight is 678 g/mol. The molecule has 6 rings (SSSR count). The lowest BCUT2D eigenvalue weighted by Gasteiger charge is -2.41. The summed E-state index contributed by atoms with van der Waals surface area (Å²) in [6, 6.07) is 11.4. The second-order valence-corrected chi connectivity index (χ2v) is 16.0. The molecule has 0 bridgehead atoms. The third kappa shape index (κ3) is 7.02. The first-order valence-electron chi connectivity index (χ1n) is 16.8. The summed E-state index contributed by atoms with van der Waals surface area (Å²) in [4.78, 5) is 65.1. The van der Waals surface area contributed by atoms with Gasteiger partial charge < -0.3 is 15.5 Å². The van der Waals surface area contributed by atoms with Gasteiger partial charge >= 0.3 is 0 Å². The van der Waals surface area contributed by atoms with Gasteiger partial charge in [0.25, 0.3) is 5.91 Å². The fraction of sp³-hybridized carbons (Fsp3) is 0.514. The van der Waals surface area contributed by atoms with E-state index < -0.39 is 27.5 Å². The van der Waals surface area contributed by atoms with Gasteiger partial charge in [0, 0.05) is 59.4 Å². The molecule has 2 aromatic carbocycles. The summed E-state index contributed by atoms with van der Waals surface area (Å²) >= 11 is 0. The van der Waals surface area contributed by atoms with Crippen molar-refractivity contribution < 1.29 is 32.4 Å². The van der Waals surface area contributed by atoms with Crippen LogP contribution in [-0.2, 0) is 41.5 Å². The minimum absolute atomic E-state index is 0.131. The van der Waals surface area contributed by atoms with Crippen LogP contribution >= 0.6 is 0 Å². The summed E-state index contributed by atoms with van der Waals surface area (Å²) in [5, 5.41) is 8.24. The van der Waals surface area contributed by atoms with E-state index in [0.29, 0.717) is 60.3 Å². The zero-order valence-corrected chi connectivity index (χ0v) is 28.2. The van der Waals surface area contributed by atoms with Gasteiger partial charge in [0.15, 0.2) is 0 Å². The van der Waals surface area contributed by atoms with Gasteiger partial charge in [-0.1, -0.05) is 24.6 Å². The largest absolute Gasteiger partial charge is 0.326 e. The monoisotopic (exact) mass is 677 g/mol.